The zero-order valence-corrected chi connectivity index (χ0v) is 19.2. The van der Waals surface area contributed by atoms with Gasteiger partial charge in [-0.2, -0.15) is 0 Å². The molecule has 0 spiro atoms. The van der Waals surface area contributed by atoms with Crippen LogP contribution in [0.1, 0.15) is 29.0 Å². The van der Waals surface area contributed by atoms with Crippen LogP contribution in [0.2, 0.25) is 0 Å². The number of thioether (sulfide) groups is 1. The molecule has 1 aromatic heterocycles. The molecule has 0 radical (unpaired) electrons. The van der Waals surface area contributed by atoms with Crippen LogP contribution in [0.3, 0.4) is 0 Å². The number of ketones is 1. The van der Waals surface area contributed by atoms with Gasteiger partial charge in [0.25, 0.3) is 0 Å². The van der Waals surface area contributed by atoms with E-state index in [1.54, 1.807) is 4.90 Å². The van der Waals surface area contributed by atoms with Gasteiger partial charge < -0.3 is 9.64 Å². The molecule has 0 bridgehead atoms. The molecule has 0 unspecified atom stereocenters. The predicted molar refractivity (Wildman–Crippen MR) is 129 cm³/mol. The lowest BCUT2D eigenvalue weighted by Crippen LogP contribution is -2.36. The van der Waals surface area contributed by atoms with Crippen molar-refractivity contribution in [1.29, 1.82) is 0 Å². The number of amides is 1. The summed E-state index contributed by atoms with van der Waals surface area (Å²) >= 11 is 1.45. The predicted octanol–water partition coefficient (Wildman–Crippen LogP) is 3.56. The quantitative estimate of drug-likeness (QED) is 0.302. The van der Waals surface area contributed by atoms with Gasteiger partial charge >= 0.3 is 0 Å². The lowest BCUT2D eigenvalue weighted by molar-refractivity contribution is -0.117. The average Bonchev–Trinajstić information content (AvgIpc) is 3.29. The van der Waals surface area contributed by atoms with Crippen LogP contribution in [0.5, 0.6) is 0 Å². The van der Waals surface area contributed by atoms with Gasteiger partial charge in [0.1, 0.15) is 10.9 Å². The molecule has 0 saturated carbocycles. The number of hydrogen-bond donors (Lipinski definition) is 0. The van der Waals surface area contributed by atoms with Gasteiger partial charge in [-0.15, -0.1) is 0 Å². The standard InChI is InChI=1S/C25H26N4O3S/c30-22(18-7-9-19(10-8-18)29-11-3-6-24(29)31)17-33-25-20-4-1-2-5-21(20)26-23(27-25)16-28-12-14-32-15-13-28/h1-2,4-5,7-10H,3,6,11-17H2. The number of nitrogens with zero attached hydrogens (tertiary/aromatic N) is 4. The molecule has 2 saturated heterocycles. The van der Waals surface area contributed by atoms with E-state index in [9.17, 15) is 9.59 Å². The van der Waals surface area contributed by atoms with E-state index < -0.39 is 0 Å². The number of aromatic nitrogens is 2. The van der Waals surface area contributed by atoms with Crippen molar-refractivity contribution in [2.45, 2.75) is 24.4 Å². The Bertz CT molecular complexity index is 1160. The summed E-state index contributed by atoms with van der Waals surface area (Å²) in [5, 5.41) is 1.79. The first kappa shape index (κ1) is 22.0. The Morgan fingerprint density at radius 1 is 1.00 bits per heavy atom. The maximum Gasteiger partial charge on any atom is 0.227 e. The van der Waals surface area contributed by atoms with Crippen molar-refractivity contribution in [3.63, 3.8) is 0 Å². The maximum atomic E-state index is 12.9. The van der Waals surface area contributed by atoms with E-state index in [0.29, 0.717) is 24.3 Å². The van der Waals surface area contributed by atoms with Crippen molar-refractivity contribution in [2.24, 2.45) is 0 Å². The van der Waals surface area contributed by atoms with Gasteiger partial charge in [-0.3, -0.25) is 14.5 Å². The maximum absolute atomic E-state index is 12.9. The Balaban J connectivity index is 1.30. The molecule has 3 heterocycles. The molecule has 5 rings (SSSR count). The number of fused-ring (bicyclic) bond motifs is 1. The Hall–Kier alpha value is -2.81. The van der Waals surface area contributed by atoms with Crippen molar-refractivity contribution in [3.05, 3.63) is 59.9 Å². The molecule has 170 valence electrons. The van der Waals surface area contributed by atoms with Crippen molar-refractivity contribution in [3.8, 4) is 0 Å². The first-order valence-electron chi connectivity index (χ1n) is 11.3. The summed E-state index contributed by atoms with van der Waals surface area (Å²) in [4.78, 5) is 38.5. The normalized spacial score (nSPS) is 17.1. The van der Waals surface area contributed by atoms with Crippen LogP contribution < -0.4 is 4.90 Å². The fourth-order valence-corrected chi connectivity index (χ4v) is 5.13. The summed E-state index contributed by atoms with van der Waals surface area (Å²) < 4.78 is 5.44. The number of morpholine rings is 1. The highest BCUT2D eigenvalue weighted by molar-refractivity contribution is 8.00. The van der Waals surface area contributed by atoms with Gasteiger partial charge in [0.05, 0.1) is 31.0 Å². The number of carbonyl (C=O) groups is 2. The third kappa shape index (κ3) is 5.08. The molecule has 0 N–H and O–H groups in total. The topological polar surface area (TPSA) is 75.6 Å². The first-order valence-corrected chi connectivity index (χ1v) is 12.3. The number of anilines is 1. The number of ether oxygens (including phenoxy) is 1. The van der Waals surface area contributed by atoms with Crippen LogP contribution in [0.4, 0.5) is 5.69 Å². The minimum absolute atomic E-state index is 0.0386. The average molecular weight is 463 g/mol. The van der Waals surface area contributed by atoms with Crippen LogP contribution in [0, 0.1) is 0 Å². The zero-order chi connectivity index (χ0) is 22.6. The number of benzene rings is 2. The third-order valence-corrected chi connectivity index (χ3v) is 6.99. The summed E-state index contributed by atoms with van der Waals surface area (Å²) in [6.07, 6.45) is 1.48. The second-order valence-corrected chi connectivity index (χ2v) is 9.22. The number of Topliss-reactive ketones (excluding diaryl/α,β-unsaturated/α-hetero) is 1. The van der Waals surface area contributed by atoms with Crippen LogP contribution in [0.15, 0.2) is 53.6 Å². The Morgan fingerprint density at radius 3 is 2.55 bits per heavy atom. The lowest BCUT2D eigenvalue weighted by Gasteiger charge is -2.25. The van der Waals surface area contributed by atoms with Gasteiger partial charge in [0.2, 0.25) is 5.91 Å². The summed E-state index contributed by atoms with van der Waals surface area (Å²) in [6.45, 7) is 4.62. The fourth-order valence-electron chi connectivity index (χ4n) is 4.20. The van der Waals surface area contributed by atoms with E-state index in [1.165, 1.54) is 11.8 Å². The number of para-hydroxylation sites is 1. The summed E-state index contributed by atoms with van der Waals surface area (Å²) in [7, 11) is 0. The van der Waals surface area contributed by atoms with E-state index in [0.717, 1.165) is 66.7 Å². The van der Waals surface area contributed by atoms with Crippen molar-refractivity contribution in [1.82, 2.24) is 14.9 Å². The second-order valence-electron chi connectivity index (χ2n) is 8.26. The first-order chi connectivity index (χ1) is 16.2. The molecule has 2 aromatic carbocycles. The SMILES string of the molecule is O=C(CSc1nc(CN2CCOCC2)nc2ccccc12)c1ccc(N2CCCC2=O)cc1. The molecule has 0 atom stereocenters. The van der Waals surface area contributed by atoms with Crippen molar-refractivity contribution in [2.75, 3.05) is 43.5 Å². The van der Waals surface area contributed by atoms with E-state index in [4.69, 9.17) is 14.7 Å². The highest BCUT2D eigenvalue weighted by Gasteiger charge is 2.22. The largest absolute Gasteiger partial charge is 0.379 e. The van der Waals surface area contributed by atoms with Crippen LogP contribution in [0.25, 0.3) is 10.9 Å². The Morgan fingerprint density at radius 2 is 1.79 bits per heavy atom. The second kappa shape index (κ2) is 9.99. The number of rotatable bonds is 7. The molecule has 33 heavy (non-hydrogen) atoms. The van der Waals surface area contributed by atoms with Gasteiger partial charge in [0, 0.05) is 42.7 Å². The summed E-state index contributed by atoms with van der Waals surface area (Å²) in [5.41, 5.74) is 2.39. The molecular formula is C25H26N4O3S. The minimum Gasteiger partial charge on any atom is -0.379 e. The number of carbonyl (C=O) groups excluding carboxylic acids is 2. The Labute approximate surface area is 197 Å². The van der Waals surface area contributed by atoms with E-state index in [2.05, 4.69) is 4.90 Å². The monoisotopic (exact) mass is 462 g/mol. The van der Waals surface area contributed by atoms with Gasteiger partial charge in [-0.1, -0.05) is 30.0 Å². The molecule has 3 aromatic rings. The highest BCUT2D eigenvalue weighted by atomic mass is 32.2. The zero-order valence-electron chi connectivity index (χ0n) is 18.4. The van der Waals surface area contributed by atoms with E-state index in [1.807, 2.05) is 48.5 Å². The summed E-state index contributed by atoms with van der Waals surface area (Å²) in [5.74, 6) is 1.25. The molecule has 2 aliphatic heterocycles. The van der Waals surface area contributed by atoms with Gasteiger partial charge in [0.15, 0.2) is 5.78 Å². The summed E-state index contributed by atoms with van der Waals surface area (Å²) in [6, 6.07) is 15.3. The van der Waals surface area contributed by atoms with Crippen molar-refractivity contribution >= 4 is 40.0 Å². The Kier molecular flexibility index (Phi) is 6.66. The lowest BCUT2D eigenvalue weighted by atomic mass is 10.1. The molecule has 0 aliphatic carbocycles. The highest BCUT2D eigenvalue weighted by Crippen LogP contribution is 2.27. The molecule has 2 aliphatic rings. The molecule has 1 amide bonds. The fraction of sp³-hybridized carbons (Fsp3) is 0.360. The molecule has 2 fully saturated rings. The van der Waals surface area contributed by atoms with Gasteiger partial charge in [-0.25, -0.2) is 9.97 Å². The van der Waals surface area contributed by atoms with Crippen LogP contribution in [-0.4, -0.2) is 65.2 Å². The molecule has 7 nitrogen and oxygen atoms in total. The van der Waals surface area contributed by atoms with E-state index >= 15 is 0 Å². The van der Waals surface area contributed by atoms with Crippen LogP contribution in [-0.2, 0) is 16.1 Å². The smallest absolute Gasteiger partial charge is 0.227 e. The number of hydrogen-bond acceptors (Lipinski definition) is 7. The molecular weight excluding hydrogens is 436 g/mol. The van der Waals surface area contributed by atoms with Crippen LogP contribution >= 0.6 is 11.8 Å². The van der Waals surface area contributed by atoms with Gasteiger partial charge in [-0.05, 0) is 36.8 Å². The minimum atomic E-state index is 0.0386. The van der Waals surface area contributed by atoms with Crippen molar-refractivity contribution < 1.29 is 14.3 Å². The van der Waals surface area contributed by atoms with E-state index in [-0.39, 0.29) is 11.7 Å². The third-order valence-electron chi connectivity index (χ3n) is 6.00. The molecule has 8 heteroatoms.